The minimum absolute atomic E-state index is 0.701. The second kappa shape index (κ2) is 7.46. The summed E-state index contributed by atoms with van der Waals surface area (Å²) in [5, 5.41) is 3.68. The Bertz CT molecular complexity index is 219. The molecule has 2 aliphatic heterocycles. The zero-order chi connectivity index (χ0) is 12.8. The Kier molecular flexibility index (Phi) is 5.93. The standard InChI is InChI=1S/C15H30N2O/c1-13(2)14-3-8-17(9-4-14)10-7-16-15-5-11-18-12-6-15/h13-16H,3-12H2,1-2H3. The van der Waals surface area contributed by atoms with Crippen LogP contribution in [-0.4, -0.2) is 50.3 Å². The van der Waals surface area contributed by atoms with Gasteiger partial charge in [-0.3, -0.25) is 0 Å². The fraction of sp³-hybridized carbons (Fsp3) is 1.00. The molecule has 0 saturated carbocycles. The molecule has 2 heterocycles. The second-order valence-electron chi connectivity index (χ2n) is 6.26. The van der Waals surface area contributed by atoms with E-state index in [1.165, 1.54) is 45.3 Å². The fourth-order valence-corrected chi connectivity index (χ4v) is 3.17. The molecule has 3 heteroatoms. The van der Waals surface area contributed by atoms with Gasteiger partial charge in [-0.25, -0.2) is 0 Å². The smallest absolute Gasteiger partial charge is 0.0480 e. The Hall–Kier alpha value is -0.120. The predicted molar refractivity (Wildman–Crippen MR) is 75.8 cm³/mol. The summed E-state index contributed by atoms with van der Waals surface area (Å²) in [5.41, 5.74) is 0. The summed E-state index contributed by atoms with van der Waals surface area (Å²) in [7, 11) is 0. The summed E-state index contributed by atoms with van der Waals surface area (Å²) >= 11 is 0. The Labute approximate surface area is 112 Å². The number of likely N-dealkylation sites (tertiary alicyclic amines) is 1. The van der Waals surface area contributed by atoms with Crippen molar-refractivity contribution in [1.29, 1.82) is 0 Å². The molecule has 18 heavy (non-hydrogen) atoms. The number of hydrogen-bond acceptors (Lipinski definition) is 3. The summed E-state index contributed by atoms with van der Waals surface area (Å²) in [5.74, 6) is 1.83. The van der Waals surface area contributed by atoms with Crippen LogP contribution in [0.2, 0.25) is 0 Å². The monoisotopic (exact) mass is 254 g/mol. The molecule has 2 fully saturated rings. The van der Waals surface area contributed by atoms with Crippen molar-refractivity contribution in [2.45, 2.75) is 45.6 Å². The zero-order valence-corrected chi connectivity index (χ0v) is 12.2. The van der Waals surface area contributed by atoms with Gasteiger partial charge in [-0.15, -0.1) is 0 Å². The highest BCUT2D eigenvalue weighted by Gasteiger charge is 2.21. The molecule has 0 spiro atoms. The summed E-state index contributed by atoms with van der Waals surface area (Å²) in [6.07, 6.45) is 5.18. The predicted octanol–water partition coefficient (Wildman–Crippen LogP) is 2.12. The van der Waals surface area contributed by atoms with Crippen LogP contribution in [0.5, 0.6) is 0 Å². The van der Waals surface area contributed by atoms with E-state index < -0.39 is 0 Å². The fourth-order valence-electron chi connectivity index (χ4n) is 3.17. The maximum atomic E-state index is 5.38. The molecule has 2 rings (SSSR count). The molecule has 0 radical (unpaired) electrons. The van der Waals surface area contributed by atoms with Gasteiger partial charge in [0.05, 0.1) is 0 Å². The largest absolute Gasteiger partial charge is 0.381 e. The number of ether oxygens (including phenoxy) is 1. The molecule has 0 aromatic heterocycles. The molecule has 0 amide bonds. The van der Waals surface area contributed by atoms with Crippen molar-refractivity contribution in [3.8, 4) is 0 Å². The molecule has 0 bridgehead atoms. The average molecular weight is 254 g/mol. The van der Waals surface area contributed by atoms with E-state index in [4.69, 9.17) is 4.74 Å². The van der Waals surface area contributed by atoms with Gasteiger partial charge in [0.25, 0.3) is 0 Å². The van der Waals surface area contributed by atoms with Gasteiger partial charge in [-0.1, -0.05) is 13.8 Å². The normalized spacial score (nSPS) is 24.8. The summed E-state index contributed by atoms with van der Waals surface area (Å²) < 4.78 is 5.38. The number of hydrogen-bond donors (Lipinski definition) is 1. The molecule has 0 aromatic carbocycles. The van der Waals surface area contributed by atoms with E-state index in [0.717, 1.165) is 31.6 Å². The van der Waals surface area contributed by atoms with Crippen molar-refractivity contribution < 1.29 is 4.74 Å². The van der Waals surface area contributed by atoms with Crippen molar-refractivity contribution in [2.75, 3.05) is 39.4 Å². The Morgan fingerprint density at radius 2 is 1.78 bits per heavy atom. The highest BCUT2D eigenvalue weighted by molar-refractivity contribution is 4.76. The van der Waals surface area contributed by atoms with Crippen LogP contribution in [0.4, 0.5) is 0 Å². The lowest BCUT2D eigenvalue weighted by molar-refractivity contribution is 0.0763. The van der Waals surface area contributed by atoms with Gasteiger partial charge in [0.1, 0.15) is 0 Å². The molecule has 0 aromatic rings. The molecular weight excluding hydrogens is 224 g/mol. The molecule has 0 atom stereocenters. The van der Waals surface area contributed by atoms with Crippen LogP contribution in [0.1, 0.15) is 39.5 Å². The van der Waals surface area contributed by atoms with Crippen LogP contribution >= 0.6 is 0 Å². The average Bonchev–Trinajstić information content (AvgIpc) is 2.40. The lowest BCUT2D eigenvalue weighted by Crippen LogP contribution is -2.42. The van der Waals surface area contributed by atoms with Gasteiger partial charge >= 0.3 is 0 Å². The van der Waals surface area contributed by atoms with E-state index in [-0.39, 0.29) is 0 Å². The first kappa shape index (κ1) is 14.3. The first-order chi connectivity index (χ1) is 8.75. The summed E-state index contributed by atoms with van der Waals surface area (Å²) in [4.78, 5) is 2.63. The van der Waals surface area contributed by atoms with Crippen LogP contribution < -0.4 is 5.32 Å². The maximum Gasteiger partial charge on any atom is 0.0480 e. The third-order valence-electron chi connectivity index (χ3n) is 4.66. The van der Waals surface area contributed by atoms with Crippen LogP contribution in [0.3, 0.4) is 0 Å². The van der Waals surface area contributed by atoms with Crippen molar-refractivity contribution in [3.63, 3.8) is 0 Å². The van der Waals surface area contributed by atoms with E-state index in [1.807, 2.05) is 0 Å². The number of piperidine rings is 1. The molecule has 0 aliphatic carbocycles. The number of rotatable bonds is 5. The Morgan fingerprint density at radius 1 is 1.11 bits per heavy atom. The van der Waals surface area contributed by atoms with Crippen LogP contribution in [0.15, 0.2) is 0 Å². The first-order valence-corrected chi connectivity index (χ1v) is 7.79. The van der Waals surface area contributed by atoms with Crippen LogP contribution in [0, 0.1) is 11.8 Å². The first-order valence-electron chi connectivity index (χ1n) is 7.79. The van der Waals surface area contributed by atoms with E-state index in [2.05, 4.69) is 24.1 Å². The van der Waals surface area contributed by atoms with Crippen molar-refractivity contribution in [2.24, 2.45) is 11.8 Å². The van der Waals surface area contributed by atoms with Gasteiger partial charge in [0, 0.05) is 32.3 Å². The van der Waals surface area contributed by atoms with Crippen molar-refractivity contribution in [1.82, 2.24) is 10.2 Å². The van der Waals surface area contributed by atoms with E-state index >= 15 is 0 Å². The Morgan fingerprint density at radius 3 is 2.39 bits per heavy atom. The highest BCUT2D eigenvalue weighted by Crippen LogP contribution is 2.23. The molecule has 106 valence electrons. The lowest BCUT2D eigenvalue weighted by atomic mass is 9.87. The maximum absolute atomic E-state index is 5.38. The lowest BCUT2D eigenvalue weighted by Gasteiger charge is -2.34. The van der Waals surface area contributed by atoms with Crippen LogP contribution in [0.25, 0.3) is 0 Å². The van der Waals surface area contributed by atoms with E-state index in [1.54, 1.807) is 0 Å². The zero-order valence-electron chi connectivity index (χ0n) is 12.2. The Balaban J connectivity index is 1.55. The summed E-state index contributed by atoms with van der Waals surface area (Å²) in [6.45, 7) is 11.6. The third-order valence-corrected chi connectivity index (χ3v) is 4.66. The van der Waals surface area contributed by atoms with Gasteiger partial charge in [0.2, 0.25) is 0 Å². The van der Waals surface area contributed by atoms with Crippen molar-refractivity contribution in [3.05, 3.63) is 0 Å². The van der Waals surface area contributed by atoms with E-state index in [9.17, 15) is 0 Å². The van der Waals surface area contributed by atoms with Gasteiger partial charge < -0.3 is 15.0 Å². The minimum Gasteiger partial charge on any atom is -0.381 e. The van der Waals surface area contributed by atoms with E-state index in [0.29, 0.717) is 6.04 Å². The van der Waals surface area contributed by atoms with Crippen LogP contribution in [-0.2, 0) is 4.74 Å². The molecule has 3 nitrogen and oxygen atoms in total. The molecule has 1 N–H and O–H groups in total. The number of nitrogens with one attached hydrogen (secondary N) is 1. The molecular formula is C15H30N2O. The molecule has 2 saturated heterocycles. The number of nitrogens with zero attached hydrogens (tertiary/aromatic N) is 1. The second-order valence-corrected chi connectivity index (χ2v) is 6.26. The topological polar surface area (TPSA) is 24.5 Å². The van der Waals surface area contributed by atoms with Crippen molar-refractivity contribution >= 4 is 0 Å². The SMILES string of the molecule is CC(C)C1CCN(CCNC2CCOCC2)CC1. The molecule has 2 aliphatic rings. The van der Waals surface area contributed by atoms with Gasteiger partial charge in [-0.2, -0.15) is 0 Å². The third kappa shape index (κ3) is 4.52. The summed E-state index contributed by atoms with van der Waals surface area (Å²) in [6, 6.07) is 0.701. The molecule has 0 unspecified atom stereocenters. The highest BCUT2D eigenvalue weighted by atomic mass is 16.5. The van der Waals surface area contributed by atoms with Gasteiger partial charge in [-0.05, 0) is 50.6 Å². The quantitative estimate of drug-likeness (QED) is 0.813. The van der Waals surface area contributed by atoms with Gasteiger partial charge in [0.15, 0.2) is 0 Å². The minimum atomic E-state index is 0.701.